The second-order valence-corrected chi connectivity index (χ2v) is 6.43. The smallest absolute Gasteiger partial charge is 0.107 e. The molecule has 0 saturated carbocycles. The normalized spacial score (nSPS) is 26.6. The summed E-state index contributed by atoms with van der Waals surface area (Å²) in [7, 11) is 0. The van der Waals surface area contributed by atoms with Gasteiger partial charge < -0.3 is 5.32 Å². The van der Waals surface area contributed by atoms with E-state index in [1.54, 1.807) is 11.3 Å². The number of rotatable bonds is 4. The molecule has 0 bridgehead atoms. The van der Waals surface area contributed by atoms with Gasteiger partial charge in [-0.25, -0.2) is 4.98 Å². The standard InChI is InChI=1S/C13H23N3S/c1-10(2)6-12-7-15-11(3)8-16(12)9-13-14-4-5-17-13/h4-5,10-12,15H,6-9H2,1-3H3. The lowest BCUT2D eigenvalue weighted by molar-refractivity contribution is 0.111. The maximum Gasteiger partial charge on any atom is 0.107 e. The molecule has 2 rings (SSSR count). The number of hydrogen-bond acceptors (Lipinski definition) is 4. The van der Waals surface area contributed by atoms with Crippen molar-refractivity contribution < 1.29 is 0 Å². The van der Waals surface area contributed by atoms with Crippen LogP contribution in [0.1, 0.15) is 32.2 Å². The molecule has 0 amide bonds. The molecule has 1 aliphatic heterocycles. The number of thiazole rings is 1. The molecule has 2 unspecified atom stereocenters. The Bertz CT molecular complexity index is 323. The molecular formula is C13H23N3S. The van der Waals surface area contributed by atoms with Crippen LogP contribution in [-0.4, -0.2) is 35.1 Å². The topological polar surface area (TPSA) is 28.2 Å². The Kier molecular flexibility index (Phi) is 4.54. The van der Waals surface area contributed by atoms with Gasteiger partial charge in [0.25, 0.3) is 0 Å². The molecule has 1 aromatic rings. The van der Waals surface area contributed by atoms with Crippen molar-refractivity contribution in [3.05, 3.63) is 16.6 Å². The number of hydrogen-bond donors (Lipinski definition) is 1. The van der Waals surface area contributed by atoms with Crippen molar-refractivity contribution in [2.75, 3.05) is 13.1 Å². The van der Waals surface area contributed by atoms with Crippen LogP contribution < -0.4 is 5.32 Å². The first-order valence-corrected chi connectivity index (χ1v) is 7.39. The van der Waals surface area contributed by atoms with Gasteiger partial charge in [-0.05, 0) is 19.3 Å². The zero-order chi connectivity index (χ0) is 12.3. The molecule has 96 valence electrons. The third-order valence-corrected chi connectivity index (χ3v) is 4.06. The molecule has 2 atom stereocenters. The summed E-state index contributed by atoms with van der Waals surface area (Å²) in [5.41, 5.74) is 0. The van der Waals surface area contributed by atoms with Crippen molar-refractivity contribution in [2.45, 2.75) is 45.8 Å². The molecule has 2 heterocycles. The maximum absolute atomic E-state index is 4.41. The summed E-state index contributed by atoms with van der Waals surface area (Å²) in [5, 5.41) is 6.90. The molecule has 4 heteroatoms. The van der Waals surface area contributed by atoms with E-state index in [-0.39, 0.29) is 0 Å². The fourth-order valence-corrected chi connectivity index (χ4v) is 3.15. The molecule has 1 N–H and O–H groups in total. The van der Waals surface area contributed by atoms with Gasteiger partial charge in [-0.15, -0.1) is 11.3 Å². The number of nitrogens with one attached hydrogen (secondary N) is 1. The van der Waals surface area contributed by atoms with Crippen molar-refractivity contribution in [3.8, 4) is 0 Å². The highest BCUT2D eigenvalue weighted by Gasteiger charge is 2.26. The van der Waals surface area contributed by atoms with E-state index >= 15 is 0 Å². The van der Waals surface area contributed by atoms with Gasteiger partial charge >= 0.3 is 0 Å². The van der Waals surface area contributed by atoms with Gasteiger partial charge in [-0.3, -0.25) is 4.90 Å². The minimum Gasteiger partial charge on any atom is -0.311 e. The summed E-state index contributed by atoms with van der Waals surface area (Å²) < 4.78 is 0. The third-order valence-electron chi connectivity index (χ3n) is 3.29. The van der Waals surface area contributed by atoms with Crippen LogP contribution in [0.25, 0.3) is 0 Å². The van der Waals surface area contributed by atoms with Gasteiger partial charge in [0.1, 0.15) is 5.01 Å². The van der Waals surface area contributed by atoms with E-state index in [1.807, 2.05) is 6.20 Å². The van der Waals surface area contributed by atoms with Gasteiger partial charge in [0.15, 0.2) is 0 Å². The van der Waals surface area contributed by atoms with Crippen molar-refractivity contribution in [1.29, 1.82) is 0 Å². The second kappa shape index (κ2) is 5.94. The van der Waals surface area contributed by atoms with E-state index in [4.69, 9.17) is 0 Å². The van der Waals surface area contributed by atoms with E-state index in [0.717, 1.165) is 25.6 Å². The molecule has 0 spiro atoms. The Labute approximate surface area is 108 Å². The number of aromatic nitrogens is 1. The monoisotopic (exact) mass is 253 g/mol. The fourth-order valence-electron chi connectivity index (χ4n) is 2.51. The summed E-state index contributed by atoms with van der Waals surface area (Å²) in [5.74, 6) is 0.758. The van der Waals surface area contributed by atoms with Crippen LogP contribution in [0, 0.1) is 5.92 Å². The molecule has 1 saturated heterocycles. The van der Waals surface area contributed by atoms with E-state index in [0.29, 0.717) is 12.1 Å². The lowest BCUT2D eigenvalue weighted by Gasteiger charge is -2.39. The van der Waals surface area contributed by atoms with Crippen LogP contribution >= 0.6 is 11.3 Å². The minimum absolute atomic E-state index is 0.596. The molecule has 0 aromatic carbocycles. The van der Waals surface area contributed by atoms with Crippen molar-refractivity contribution in [1.82, 2.24) is 15.2 Å². The molecule has 1 aromatic heterocycles. The zero-order valence-corrected chi connectivity index (χ0v) is 11.8. The van der Waals surface area contributed by atoms with Crippen LogP contribution in [0.4, 0.5) is 0 Å². The highest BCUT2D eigenvalue weighted by Crippen LogP contribution is 2.19. The van der Waals surface area contributed by atoms with Gasteiger partial charge in [0, 0.05) is 36.8 Å². The Morgan fingerprint density at radius 2 is 2.41 bits per heavy atom. The van der Waals surface area contributed by atoms with Crippen molar-refractivity contribution in [2.24, 2.45) is 5.92 Å². The largest absolute Gasteiger partial charge is 0.311 e. The molecule has 1 aliphatic rings. The van der Waals surface area contributed by atoms with Crippen LogP contribution in [0.2, 0.25) is 0 Å². The van der Waals surface area contributed by atoms with Gasteiger partial charge in [-0.2, -0.15) is 0 Å². The Balaban J connectivity index is 1.98. The Hall–Kier alpha value is -0.450. The first kappa shape index (κ1) is 13.0. The summed E-state index contributed by atoms with van der Waals surface area (Å²) in [6.07, 6.45) is 3.17. The minimum atomic E-state index is 0.596. The van der Waals surface area contributed by atoms with Gasteiger partial charge in [0.2, 0.25) is 0 Å². The quantitative estimate of drug-likeness (QED) is 0.893. The Morgan fingerprint density at radius 1 is 1.59 bits per heavy atom. The van der Waals surface area contributed by atoms with Crippen LogP contribution in [-0.2, 0) is 6.54 Å². The SMILES string of the molecule is CC(C)CC1CNC(C)CN1Cc1nccs1. The van der Waals surface area contributed by atoms with E-state index < -0.39 is 0 Å². The molecule has 0 aliphatic carbocycles. The molecule has 0 radical (unpaired) electrons. The first-order valence-electron chi connectivity index (χ1n) is 6.51. The average molecular weight is 253 g/mol. The molecular weight excluding hydrogens is 230 g/mol. The molecule has 17 heavy (non-hydrogen) atoms. The van der Waals surface area contributed by atoms with Crippen molar-refractivity contribution >= 4 is 11.3 Å². The number of piperazine rings is 1. The second-order valence-electron chi connectivity index (χ2n) is 5.45. The third kappa shape index (κ3) is 3.76. The Morgan fingerprint density at radius 3 is 3.06 bits per heavy atom. The van der Waals surface area contributed by atoms with Gasteiger partial charge in [-0.1, -0.05) is 13.8 Å². The maximum atomic E-state index is 4.41. The van der Waals surface area contributed by atoms with Crippen LogP contribution in [0.5, 0.6) is 0 Å². The summed E-state index contributed by atoms with van der Waals surface area (Å²) in [4.78, 5) is 7.00. The van der Waals surface area contributed by atoms with E-state index in [1.165, 1.54) is 11.4 Å². The summed E-state index contributed by atoms with van der Waals surface area (Å²) >= 11 is 1.77. The fraction of sp³-hybridized carbons (Fsp3) is 0.769. The van der Waals surface area contributed by atoms with Crippen LogP contribution in [0.15, 0.2) is 11.6 Å². The highest BCUT2D eigenvalue weighted by atomic mass is 32.1. The molecule has 1 fully saturated rings. The van der Waals surface area contributed by atoms with Crippen molar-refractivity contribution in [3.63, 3.8) is 0 Å². The predicted octanol–water partition coefficient (Wildman–Crippen LogP) is 2.35. The van der Waals surface area contributed by atoms with E-state index in [2.05, 4.69) is 41.4 Å². The van der Waals surface area contributed by atoms with Crippen LogP contribution in [0.3, 0.4) is 0 Å². The lowest BCUT2D eigenvalue weighted by Crippen LogP contribution is -2.55. The van der Waals surface area contributed by atoms with Gasteiger partial charge in [0.05, 0.1) is 6.54 Å². The summed E-state index contributed by atoms with van der Waals surface area (Å²) in [6.45, 7) is 10.1. The van der Waals surface area contributed by atoms with E-state index in [9.17, 15) is 0 Å². The number of nitrogens with zero attached hydrogens (tertiary/aromatic N) is 2. The lowest BCUT2D eigenvalue weighted by atomic mass is 9.99. The zero-order valence-electron chi connectivity index (χ0n) is 11.0. The molecule has 3 nitrogen and oxygen atoms in total. The summed E-state index contributed by atoms with van der Waals surface area (Å²) in [6, 6.07) is 1.26. The average Bonchev–Trinajstić information content (AvgIpc) is 2.74. The predicted molar refractivity (Wildman–Crippen MR) is 73.2 cm³/mol. The highest BCUT2D eigenvalue weighted by molar-refractivity contribution is 7.09. The first-order chi connectivity index (χ1) is 8.15.